The average Bonchev–Trinajstić information content (AvgIpc) is 4.06. The zero-order chi connectivity index (χ0) is 39.2. The number of nitrogens with zero attached hydrogens (tertiary/aromatic N) is 4. The van der Waals surface area contributed by atoms with E-state index in [0.717, 1.165) is 79.1 Å². The van der Waals surface area contributed by atoms with Gasteiger partial charge >= 0.3 is 12.2 Å². The van der Waals surface area contributed by atoms with Gasteiger partial charge in [-0.2, -0.15) is 0 Å². The zero-order valence-electron chi connectivity index (χ0n) is 32.6. The minimum absolute atomic E-state index is 0.101. The molecule has 3 fully saturated rings. The number of carbonyl (C=O) groups excluding carboxylic acids is 4. The minimum atomic E-state index is -0.697. The topological polar surface area (TPSA) is 175 Å². The van der Waals surface area contributed by atoms with Crippen LogP contribution in [0.15, 0.2) is 48.8 Å². The summed E-state index contributed by atoms with van der Waals surface area (Å²) in [5.41, 5.74) is 8.87. The molecule has 4 aromatic rings. The van der Waals surface area contributed by atoms with E-state index in [-0.39, 0.29) is 35.9 Å². The Bertz CT molecular complexity index is 2160. The van der Waals surface area contributed by atoms with Gasteiger partial charge in [-0.15, -0.1) is 0 Å². The highest BCUT2D eigenvalue weighted by molar-refractivity contribution is 5.87. The van der Waals surface area contributed by atoms with Crippen LogP contribution in [0.25, 0.3) is 33.6 Å². The van der Waals surface area contributed by atoms with Crippen molar-refractivity contribution in [1.82, 2.24) is 40.4 Å². The number of rotatable bonds is 9. The number of hydrogen-bond donors (Lipinski definition) is 4. The molecule has 2 aromatic carbocycles. The number of piperidine rings is 1. The van der Waals surface area contributed by atoms with Gasteiger partial charge in [0.15, 0.2) is 0 Å². The van der Waals surface area contributed by atoms with Crippen LogP contribution >= 0.6 is 0 Å². The molecule has 14 nitrogen and oxygen atoms in total. The number of carbonyl (C=O) groups is 4. The molecule has 2 aromatic heterocycles. The molecule has 6 unspecified atom stereocenters. The molecule has 4 heterocycles. The molecular weight excluding hydrogens is 713 g/mol. The van der Waals surface area contributed by atoms with E-state index >= 15 is 0 Å². The molecule has 4 amide bonds. The number of hydrogen-bond acceptors (Lipinski definition) is 8. The second kappa shape index (κ2) is 15.1. The Labute approximate surface area is 326 Å². The molecule has 8 rings (SSSR count). The number of imidazole rings is 2. The normalized spacial score (nSPS) is 22.0. The molecule has 294 valence electrons. The van der Waals surface area contributed by atoms with Gasteiger partial charge < -0.3 is 39.9 Å². The predicted octanol–water partition coefficient (Wildman–Crippen LogP) is 6.07. The van der Waals surface area contributed by atoms with E-state index in [0.29, 0.717) is 12.5 Å². The number of amides is 4. The number of fused-ring (bicyclic) bond motifs is 5. The molecule has 56 heavy (non-hydrogen) atoms. The Hall–Kier alpha value is -5.66. The van der Waals surface area contributed by atoms with Crippen LogP contribution in [0.3, 0.4) is 0 Å². The largest absolute Gasteiger partial charge is 0.453 e. The molecule has 4 N–H and O–H groups in total. The van der Waals surface area contributed by atoms with Gasteiger partial charge in [0.25, 0.3) is 0 Å². The summed E-state index contributed by atoms with van der Waals surface area (Å²) >= 11 is 0. The minimum Gasteiger partial charge on any atom is -0.453 e. The van der Waals surface area contributed by atoms with Gasteiger partial charge in [0, 0.05) is 12.6 Å². The standard InChI is InChI=1S/C42H50N8O6/c1-22(2)35(48-42(54)56-5)40(52)49-16-6-7-34(49)37-43-20-32(46-37)26-11-14-30-24(17-26)8-9-25-18-27(12-15-31(25)30)33-21-44-38(47-33)36-28-10-13-29(19-28)50(36)39(51)23(3)45-41(53)55-4/h11-12,14-15,17-18,20-23,28-29,34-36H,6-10,13,16,19H2,1-5H3,(H,43,46)(H,44,47)(H,45,53)(H,48,54). The van der Waals surface area contributed by atoms with Gasteiger partial charge in [-0.1, -0.05) is 38.1 Å². The first-order valence-electron chi connectivity index (χ1n) is 19.7. The highest BCUT2D eigenvalue weighted by atomic mass is 16.5. The van der Waals surface area contributed by atoms with Crippen molar-refractivity contribution < 1.29 is 28.7 Å². The van der Waals surface area contributed by atoms with Gasteiger partial charge in [-0.05, 0) is 109 Å². The van der Waals surface area contributed by atoms with Crippen molar-refractivity contribution >= 4 is 24.0 Å². The van der Waals surface area contributed by atoms with Gasteiger partial charge in [0.2, 0.25) is 11.8 Å². The first-order chi connectivity index (χ1) is 27.0. The Kier molecular flexibility index (Phi) is 10.1. The summed E-state index contributed by atoms with van der Waals surface area (Å²) in [6, 6.07) is 11.5. The number of aromatic amines is 2. The Morgan fingerprint density at radius 3 is 2.02 bits per heavy atom. The fourth-order valence-electron chi connectivity index (χ4n) is 9.39. The molecule has 1 saturated carbocycles. The summed E-state index contributed by atoms with van der Waals surface area (Å²) in [4.78, 5) is 71.4. The predicted molar refractivity (Wildman–Crippen MR) is 208 cm³/mol. The number of ether oxygens (including phenoxy) is 2. The van der Waals surface area contributed by atoms with Crippen molar-refractivity contribution in [3.05, 3.63) is 71.6 Å². The number of aryl methyl sites for hydroxylation is 2. The smallest absolute Gasteiger partial charge is 0.407 e. The summed E-state index contributed by atoms with van der Waals surface area (Å²) < 4.78 is 9.50. The Balaban J connectivity index is 0.977. The second-order valence-corrected chi connectivity index (χ2v) is 15.9. The van der Waals surface area contributed by atoms with Crippen LogP contribution in [-0.4, -0.2) is 92.6 Å². The number of methoxy groups -OCH3 is 2. The molecular formula is C42H50N8O6. The van der Waals surface area contributed by atoms with Crippen molar-refractivity contribution in [2.45, 2.75) is 95.9 Å². The van der Waals surface area contributed by atoms with Crippen molar-refractivity contribution in [2.75, 3.05) is 20.8 Å². The van der Waals surface area contributed by atoms with Crippen LogP contribution < -0.4 is 10.6 Å². The van der Waals surface area contributed by atoms with E-state index in [4.69, 9.17) is 19.4 Å². The molecule has 4 aliphatic rings. The number of nitrogens with one attached hydrogen (secondary N) is 4. The number of likely N-dealkylation sites (tertiary alicyclic amines) is 2. The Morgan fingerprint density at radius 1 is 0.786 bits per heavy atom. The van der Waals surface area contributed by atoms with Crippen LogP contribution in [-0.2, 0) is 31.9 Å². The van der Waals surface area contributed by atoms with Gasteiger partial charge in [-0.25, -0.2) is 19.6 Å². The molecule has 2 bridgehead atoms. The quantitative estimate of drug-likeness (QED) is 0.159. The summed E-state index contributed by atoms with van der Waals surface area (Å²) in [5.74, 6) is 1.51. The highest BCUT2D eigenvalue weighted by Crippen LogP contribution is 2.50. The molecule has 2 aliphatic carbocycles. The molecule has 14 heteroatoms. The van der Waals surface area contributed by atoms with Crippen LogP contribution in [0.5, 0.6) is 0 Å². The first-order valence-corrected chi connectivity index (χ1v) is 19.7. The molecule has 0 spiro atoms. The average molecular weight is 763 g/mol. The lowest BCUT2D eigenvalue weighted by atomic mass is 9.83. The fraction of sp³-hybridized carbons (Fsp3) is 0.476. The van der Waals surface area contributed by atoms with Crippen molar-refractivity contribution in [3.63, 3.8) is 0 Å². The van der Waals surface area contributed by atoms with Crippen molar-refractivity contribution in [2.24, 2.45) is 11.8 Å². The first kappa shape index (κ1) is 37.3. The number of benzene rings is 2. The number of alkyl carbamates (subject to hydrolysis) is 2. The van der Waals surface area contributed by atoms with Crippen LogP contribution in [0.4, 0.5) is 9.59 Å². The van der Waals surface area contributed by atoms with E-state index in [1.54, 1.807) is 6.92 Å². The third-order valence-corrected chi connectivity index (χ3v) is 12.2. The van der Waals surface area contributed by atoms with E-state index < -0.39 is 24.3 Å². The fourth-order valence-corrected chi connectivity index (χ4v) is 9.39. The van der Waals surface area contributed by atoms with Gasteiger partial charge in [0.1, 0.15) is 23.7 Å². The number of H-pyrrole nitrogens is 2. The SMILES string of the molecule is COC(=O)NC(C)C(=O)N1C2CCC(C2)C1c1ncc(-c2ccc3c(c2)CCc2cc(-c4cnc(C5CCCN5C(=O)C(NC(=O)OC)C(C)C)[nH]4)ccc2-3)[nH]1. The number of aromatic nitrogens is 4. The van der Waals surface area contributed by atoms with E-state index in [1.165, 1.54) is 36.5 Å². The van der Waals surface area contributed by atoms with E-state index in [9.17, 15) is 19.2 Å². The lowest BCUT2D eigenvalue weighted by Crippen LogP contribution is -2.51. The third kappa shape index (κ3) is 6.79. The third-order valence-electron chi connectivity index (χ3n) is 12.2. The molecule has 6 atom stereocenters. The maximum Gasteiger partial charge on any atom is 0.407 e. The molecule has 2 saturated heterocycles. The van der Waals surface area contributed by atoms with Crippen LogP contribution in [0.2, 0.25) is 0 Å². The molecule has 0 radical (unpaired) electrons. The maximum absolute atomic E-state index is 13.6. The monoisotopic (exact) mass is 762 g/mol. The van der Waals surface area contributed by atoms with Crippen molar-refractivity contribution in [1.29, 1.82) is 0 Å². The second-order valence-electron chi connectivity index (χ2n) is 15.9. The van der Waals surface area contributed by atoms with E-state index in [1.807, 2.05) is 36.0 Å². The maximum atomic E-state index is 13.6. The Morgan fingerprint density at radius 2 is 1.39 bits per heavy atom. The van der Waals surface area contributed by atoms with Crippen LogP contribution in [0, 0.1) is 11.8 Å². The zero-order valence-corrected chi connectivity index (χ0v) is 32.6. The van der Waals surface area contributed by atoms with E-state index in [2.05, 4.69) is 57.0 Å². The lowest BCUT2D eigenvalue weighted by molar-refractivity contribution is -0.138. The lowest BCUT2D eigenvalue weighted by Gasteiger charge is -2.36. The summed E-state index contributed by atoms with van der Waals surface area (Å²) in [5, 5.41) is 5.34. The summed E-state index contributed by atoms with van der Waals surface area (Å²) in [6.07, 6.45) is 8.85. The summed E-state index contributed by atoms with van der Waals surface area (Å²) in [6.45, 7) is 6.12. The van der Waals surface area contributed by atoms with Crippen molar-refractivity contribution in [3.8, 4) is 33.6 Å². The van der Waals surface area contributed by atoms with Gasteiger partial charge in [-0.3, -0.25) is 9.59 Å². The summed E-state index contributed by atoms with van der Waals surface area (Å²) in [7, 11) is 2.59. The molecule has 2 aliphatic heterocycles. The highest BCUT2D eigenvalue weighted by Gasteiger charge is 2.50. The van der Waals surface area contributed by atoms with Gasteiger partial charge in [0.05, 0.1) is 50.1 Å². The van der Waals surface area contributed by atoms with Crippen LogP contribution in [0.1, 0.15) is 87.7 Å².